The van der Waals surface area contributed by atoms with E-state index in [0.29, 0.717) is 23.0 Å². The second-order valence-corrected chi connectivity index (χ2v) is 18.8. The number of rotatable bonds is 5. The Morgan fingerprint density at radius 1 is 0.452 bits per heavy atom. The molecule has 6 nitrogen and oxygen atoms in total. The second-order valence-electron chi connectivity index (χ2n) is 18.8. The first-order chi connectivity index (χ1) is 29.7. The first-order valence-corrected chi connectivity index (χ1v) is 21.3. The normalized spacial score (nSPS) is 12.2. The number of fused-ring (bicyclic) bond motifs is 6. The Morgan fingerprint density at radius 2 is 0.952 bits per heavy atom. The summed E-state index contributed by atoms with van der Waals surface area (Å²) in [5.74, 6) is 1.67. The minimum absolute atomic E-state index is 0.0833. The maximum Gasteiger partial charge on any atom is 0.166 e. The minimum Gasteiger partial charge on any atom is -0.309 e. The molecule has 0 bridgehead atoms. The number of nitriles is 1. The van der Waals surface area contributed by atoms with Crippen LogP contribution in [0, 0.1) is 25.2 Å². The van der Waals surface area contributed by atoms with Gasteiger partial charge in [0.15, 0.2) is 17.5 Å². The summed E-state index contributed by atoms with van der Waals surface area (Å²) in [6, 6.07) is 54.0. The Hall–Kier alpha value is -7.36. The molecule has 0 spiro atoms. The third kappa shape index (κ3) is 6.62. The van der Waals surface area contributed by atoms with Gasteiger partial charge in [0.2, 0.25) is 0 Å². The molecule has 0 aliphatic carbocycles. The van der Waals surface area contributed by atoms with Gasteiger partial charge in [-0.05, 0) is 115 Å². The van der Waals surface area contributed by atoms with Gasteiger partial charge in [-0.15, -0.1) is 0 Å². The van der Waals surface area contributed by atoms with E-state index in [4.69, 9.17) is 15.0 Å². The fraction of sp³-hybridized carbons (Fsp3) is 0.179. The molecule has 0 amide bonds. The van der Waals surface area contributed by atoms with Crippen molar-refractivity contribution in [3.05, 3.63) is 173 Å². The lowest BCUT2D eigenvalue weighted by atomic mass is 9.85. The average Bonchev–Trinajstić information content (AvgIpc) is 3.76. The number of nitrogens with zero attached hydrogens (tertiary/aromatic N) is 6. The molecule has 7 aromatic carbocycles. The van der Waals surface area contributed by atoms with E-state index in [-0.39, 0.29) is 10.8 Å². The van der Waals surface area contributed by atoms with Gasteiger partial charge in [-0.2, -0.15) is 5.26 Å². The molecule has 0 saturated carbocycles. The molecule has 0 fully saturated rings. The standard InChI is InChI=1S/C56H48N6/c1-34-24-37(29-39(26-34)55(3,4)5)52-58-53(38-25-35(2)27-40(30-38)56(6,7)8)60-54(59-52)46-28-36(33-57)22-23-49(46)62-48-21-15-13-19-43(48)45-31-44-42-18-12-14-20-47(42)61(50(44)32-51(45)62)41-16-10-9-11-17-41/h9-32H,1-8H3. The van der Waals surface area contributed by atoms with Crippen LogP contribution in [-0.2, 0) is 10.8 Å². The van der Waals surface area contributed by atoms with E-state index < -0.39 is 0 Å². The summed E-state index contributed by atoms with van der Waals surface area (Å²) in [7, 11) is 0. The quantitative estimate of drug-likeness (QED) is 0.174. The summed E-state index contributed by atoms with van der Waals surface area (Å²) in [6.07, 6.45) is 0. The van der Waals surface area contributed by atoms with E-state index in [0.717, 1.165) is 72.0 Å². The van der Waals surface area contributed by atoms with Gasteiger partial charge in [-0.25, -0.2) is 15.0 Å². The van der Waals surface area contributed by atoms with Crippen molar-refractivity contribution >= 4 is 43.6 Å². The molecule has 302 valence electrons. The Balaban J connectivity index is 1.30. The van der Waals surface area contributed by atoms with E-state index in [1.165, 1.54) is 21.9 Å². The lowest BCUT2D eigenvalue weighted by molar-refractivity contribution is 0.589. The zero-order valence-corrected chi connectivity index (χ0v) is 36.5. The highest BCUT2D eigenvalue weighted by Gasteiger charge is 2.24. The van der Waals surface area contributed by atoms with Gasteiger partial charge in [0.25, 0.3) is 0 Å². The summed E-state index contributed by atoms with van der Waals surface area (Å²) in [6.45, 7) is 17.6. The minimum atomic E-state index is -0.0833. The molecule has 10 rings (SSSR count). The van der Waals surface area contributed by atoms with Gasteiger partial charge >= 0.3 is 0 Å². The van der Waals surface area contributed by atoms with Crippen LogP contribution >= 0.6 is 0 Å². The lowest BCUT2D eigenvalue weighted by Crippen LogP contribution is -2.12. The van der Waals surface area contributed by atoms with E-state index in [9.17, 15) is 5.26 Å². The van der Waals surface area contributed by atoms with Crippen LogP contribution in [0.3, 0.4) is 0 Å². The first kappa shape index (κ1) is 38.8. The highest BCUT2D eigenvalue weighted by molar-refractivity contribution is 6.19. The molecule has 3 aromatic heterocycles. The summed E-state index contributed by atoms with van der Waals surface area (Å²) in [4.78, 5) is 16.0. The molecule has 0 aliphatic heterocycles. The smallest absolute Gasteiger partial charge is 0.166 e. The van der Waals surface area contributed by atoms with Crippen LogP contribution in [0.2, 0.25) is 0 Å². The van der Waals surface area contributed by atoms with Gasteiger partial charge in [-0.1, -0.05) is 119 Å². The summed E-state index contributed by atoms with van der Waals surface area (Å²) in [5.41, 5.74) is 14.0. The fourth-order valence-electron chi connectivity index (χ4n) is 8.97. The van der Waals surface area contributed by atoms with Gasteiger partial charge in [0, 0.05) is 43.9 Å². The largest absolute Gasteiger partial charge is 0.309 e. The number of benzene rings is 7. The van der Waals surface area contributed by atoms with Crippen molar-refractivity contribution in [2.75, 3.05) is 0 Å². The molecule has 3 heterocycles. The van der Waals surface area contributed by atoms with Crippen molar-refractivity contribution in [2.45, 2.75) is 66.2 Å². The van der Waals surface area contributed by atoms with Crippen molar-refractivity contribution in [3.63, 3.8) is 0 Å². The molecular weight excluding hydrogens is 757 g/mol. The number of hydrogen-bond acceptors (Lipinski definition) is 4. The Labute approximate surface area is 362 Å². The van der Waals surface area contributed by atoms with Gasteiger partial charge < -0.3 is 9.13 Å². The van der Waals surface area contributed by atoms with E-state index >= 15 is 0 Å². The fourth-order valence-corrected chi connectivity index (χ4v) is 8.97. The van der Waals surface area contributed by atoms with Crippen molar-refractivity contribution in [3.8, 4) is 51.6 Å². The topological polar surface area (TPSA) is 72.3 Å². The summed E-state index contributed by atoms with van der Waals surface area (Å²) >= 11 is 0. The molecule has 0 N–H and O–H groups in total. The maximum absolute atomic E-state index is 10.4. The van der Waals surface area contributed by atoms with Gasteiger partial charge in [0.05, 0.1) is 39.4 Å². The van der Waals surface area contributed by atoms with E-state index in [1.807, 2.05) is 12.1 Å². The number of hydrogen-bond donors (Lipinski definition) is 0. The Morgan fingerprint density at radius 3 is 1.50 bits per heavy atom. The lowest BCUT2D eigenvalue weighted by Gasteiger charge is -2.21. The SMILES string of the molecule is Cc1cc(-c2nc(-c3cc(C)cc(C(C)(C)C)c3)nc(-c3cc(C#N)ccc3-n3c4ccccc4c4cc5c6ccccc6n(-c6ccccc6)c5cc43)n2)cc(C(C)(C)C)c1. The van der Waals surface area contributed by atoms with Crippen LogP contribution in [0.25, 0.3) is 89.2 Å². The molecule has 0 atom stereocenters. The Kier molecular flexibility index (Phi) is 9.01. The predicted octanol–water partition coefficient (Wildman–Crippen LogP) is 14.2. The van der Waals surface area contributed by atoms with Gasteiger partial charge in [0.1, 0.15) is 0 Å². The summed E-state index contributed by atoms with van der Waals surface area (Å²) < 4.78 is 4.68. The highest BCUT2D eigenvalue weighted by atomic mass is 15.1. The zero-order valence-electron chi connectivity index (χ0n) is 36.5. The third-order valence-corrected chi connectivity index (χ3v) is 12.1. The number of para-hydroxylation sites is 3. The molecule has 62 heavy (non-hydrogen) atoms. The summed E-state index contributed by atoms with van der Waals surface area (Å²) in [5, 5.41) is 15.1. The second kappa shape index (κ2) is 14.4. The highest BCUT2D eigenvalue weighted by Crippen LogP contribution is 2.42. The first-order valence-electron chi connectivity index (χ1n) is 21.3. The number of aromatic nitrogens is 5. The van der Waals surface area contributed by atoms with Crippen molar-refractivity contribution in [2.24, 2.45) is 0 Å². The molecule has 0 saturated heterocycles. The monoisotopic (exact) mass is 804 g/mol. The van der Waals surface area contributed by atoms with Crippen molar-refractivity contribution < 1.29 is 0 Å². The Bertz CT molecular complexity index is 3370. The molecule has 0 aliphatic rings. The molecule has 0 radical (unpaired) electrons. The van der Waals surface area contributed by atoms with Crippen LogP contribution in [0.5, 0.6) is 0 Å². The average molecular weight is 805 g/mol. The molecular formula is C56H48N6. The van der Waals surface area contributed by atoms with Crippen LogP contribution in [-0.4, -0.2) is 24.1 Å². The zero-order chi connectivity index (χ0) is 43.1. The van der Waals surface area contributed by atoms with E-state index in [2.05, 4.69) is 204 Å². The van der Waals surface area contributed by atoms with Crippen LogP contribution in [0.15, 0.2) is 146 Å². The van der Waals surface area contributed by atoms with Crippen LogP contribution in [0.1, 0.15) is 69.4 Å². The molecule has 0 unspecified atom stereocenters. The van der Waals surface area contributed by atoms with Crippen LogP contribution < -0.4 is 0 Å². The predicted molar refractivity (Wildman–Crippen MR) is 256 cm³/mol. The maximum atomic E-state index is 10.4. The van der Waals surface area contributed by atoms with Gasteiger partial charge in [-0.3, -0.25) is 0 Å². The van der Waals surface area contributed by atoms with Crippen LogP contribution in [0.4, 0.5) is 0 Å². The van der Waals surface area contributed by atoms with E-state index in [1.54, 1.807) is 0 Å². The van der Waals surface area contributed by atoms with Crippen molar-refractivity contribution in [1.29, 1.82) is 5.26 Å². The third-order valence-electron chi connectivity index (χ3n) is 12.1. The molecule has 6 heteroatoms. The van der Waals surface area contributed by atoms with Crippen molar-refractivity contribution in [1.82, 2.24) is 24.1 Å². The molecule has 10 aromatic rings. The number of aryl methyl sites for hydroxylation is 2.